The summed E-state index contributed by atoms with van der Waals surface area (Å²) in [5, 5.41) is 7.81. The van der Waals surface area contributed by atoms with Crippen LogP contribution in [0.1, 0.15) is 27.3 Å². The van der Waals surface area contributed by atoms with Gasteiger partial charge >= 0.3 is 0 Å². The molecule has 0 fully saturated rings. The minimum Gasteiger partial charge on any atom is -0.348 e. The van der Waals surface area contributed by atoms with Crippen LogP contribution >= 0.6 is 11.6 Å². The Morgan fingerprint density at radius 1 is 1.14 bits per heavy atom. The van der Waals surface area contributed by atoms with E-state index in [1.165, 1.54) is 0 Å². The molecule has 0 radical (unpaired) electrons. The van der Waals surface area contributed by atoms with Crippen molar-refractivity contribution in [2.24, 2.45) is 0 Å². The molecule has 1 N–H and O–H groups in total. The van der Waals surface area contributed by atoms with Gasteiger partial charge in [0.1, 0.15) is 0 Å². The molecule has 0 aliphatic rings. The van der Waals surface area contributed by atoms with E-state index in [-0.39, 0.29) is 5.91 Å². The third kappa shape index (κ3) is 3.93. The number of carbonyl (C=O) groups excluding carboxylic acids is 1. The van der Waals surface area contributed by atoms with Crippen LogP contribution in [0.2, 0.25) is 5.02 Å². The van der Waals surface area contributed by atoms with Crippen molar-refractivity contribution in [2.45, 2.75) is 20.4 Å². The topological polar surface area (TPSA) is 64.7 Å². The first-order valence-electron chi connectivity index (χ1n) is 9.21. The Morgan fingerprint density at radius 3 is 2.59 bits per heavy atom. The van der Waals surface area contributed by atoms with Crippen LogP contribution < -0.4 is 5.32 Å². The third-order valence-corrected chi connectivity index (χ3v) is 5.01. The second-order valence-electron chi connectivity index (χ2n) is 6.75. The van der Waals surface area contributed by atoms with Crippen LogP contribution in [-0.4, -0.2) is 25.2 Å². The molecule has 0 aliphatic heterocycles. The third-order valence-electron chi connectivity index (χ3n) is 4.76. The molecular weight excluding hydrogens is 386 g/mol. The molecule has 146 valence electrons. The Bertz CT molecular complexity index is 1130. The van der Waals surface area contributed by atoms with Crippen molar-refractivity contribution in [1.82, 2.24) is 24.6 Å². The maximum atomic E-state index is 12.8. The highest BCUT2D eigenvalue weighted by molar-refractivity contribution is 6.30. The molecule has 0 unspecified atom stereocenters. The summed E-state index contributed by atoms with van der Waals surface area (Å²) in [6, 6.07) is 15.1. The van der Waals surface area contributed by atoms with Gasteiger partial charge in [-0.3, -0.25) is 4.79 Å². The van der Waals surface area contributed by atoms with E-state index in [1.807, 2.05) is 73.1 Å². The molecule has 3 aromatic heterocycles. The molecule has 0 aliphatic carbocycles. The number of aromatic nitrogens is 4. The molecule has 0 spiro atoms. The van der Waals surface area contributed by atoms with Gasteiger partial charge in [0.05, 0.1) is 5.56 Å². The van der Waals surface area contributed by atoms with Gasteiger partial charge in [-0.25, -0.2) is 9.67 Å². The van der Waals surface area contributed by atoms with Crippen molar-refractivity contribution >= 4 is 17.5 Å². The van der Waals surface area contributed by atoms with Crippen molar-refractivity contribution in [2.75, 3.05) is 0 Å². The highest BCUT2D eigenvalue weighted by Crippen LogP contribution is 2.22. The zero-order valence-electron chi connectivity index (χ0n) is 16.1. The van der Waals surface area contributed by atoms with Crippen LogP contribution in [-0.2, 0) is 6.54 Å². The summed E-state index contributed by atoms with van der Waals surface area (Å²) >= 11 is 5.99. The molecule has 0 saturated carbocycles. The van der Waals surface area contributed by atoms with Crippen molar-refractivity contribution in [3.63, 3.8) is 0 Å². The number of hydrogen-bond acceptors (Lipinski definition) is 3. The van der Waals surface area contributed by atoms with E-state index in [0.717, 1.165) is 28.5 Å². The molecular formula is C22H20ClN5O. The Morgan fingerprint density at radius 2 is 1.93 bits per heavy atom. The fraction of sp³-hybridized carbons (Fsp3) is 0.136. The van der Waals surface area contributed by atoms with Crippen LogP contribution in [0.5, 0.6) is 0 Å². The van der Waals surface area contributed by atoms with E-state index in [4.69, 9.17) is 11.6 Å². The van der Waals surface area contributed by atoms with Crippen molar-refractivity contribution in [3.8, 4) is 11.5 Å². The van der Waals surface area contributed by atoms with Crippen molar-refractivity contribution in [3.05, 3.63) is 94.7 Å². The molecule has 4 rings (SSSR count). The molecule has 29 heavy (non-hydrogen) atoms. The van der Waals surface area contributed by atoms with Gasteiger partial charge in [-0.05, 0) is 61.9 Å². The lowest BCUT2D eigenvalue weighted by atomic mass is 10.2. The van der Waals surface area contributed by atoms with Gasteiger partial charge in [0.15, 0.2) is 5.82 Å². The minimum absolute atomic E-state index is 0.116. The fourth-order valence-corrected chi connectivity index (χ4v) is 3.44. The number of aryl methyl sites for hydroxylation is 1. The van der Waals surface area contributed by atoms with Crippen LogP contribution in [0, 0.1) is 13.8 Å². The van der Waals surface area contributed by atoms with Crippen molar-refractivity contribution < 1.29 is 4.79 Å². The van der Waals surface area contributed by atoms with Gasteiger partial charge in [-0.2, -0.15) is 5.10 Å². The number of nitrogens with one attached hydrogen (secondary N) is 1. The second kappa shape index (κ2) is 7.93. The fourth-order valence-electron chi connectivity index (χ4n) is 3.32. The maximum Gasteiger partial charge on any atom is 0.253 e. The highest BCUT2D eigenvalue weighted by Gasteiger charge is 2.16. The molecule has 0 saturated heterocycles. The van der Waals surface area contributed by atoms with E-state index in [2.05, 4.69) is 15.4 Å². The highest BCUT2D eigenvalue weighted by atomic mass is 35.5. The number of benzene rings is 1. The lowest BCUT2D eigenvalue weighted by Gasteiger charge is -2.10. The van der Waals surface area contributed by atoms with E-state index in [9.17, 15) is 4.79 Å². The summed E-state index contributed by atoms with van der Waals surface area (Å²) in [5.74, 6) is 0.617. The van der Waals surface area contributed by atoms with E-state index < -0.39 is 0 Å². The van der Waals surface area contributed by atoms with Gasteiger partial charge in [0.2, 0.25) is 0 Å². The molecule has 3 heterocycles. The monoisotopic (exact) mass is 405 g/mol. The number of carbonyl (C=O) groups is 1. The Balaban J connectivity index is 1.47. The van der Waals surface area contributed by atoms with Crippen LogP contribution in [0.4, 0.5) is 0 Å². The van der Waals surface area contributed by atoms with Crippen molar-refractivity contribution in [1.29, 1.82) is 0 Å². The summed E-state index contributed by atoms with van der Waals surface area (Å²) in [7, 11) is 0. The number of amides is 1. The lowest BCUT2D eigenvalue weighted by molar-refractivity contribution is 0.0950. The first-order chi connectivity index (χ1) is 14.0. The predicted molar refractivity (Wildman–Crippen MR) is 113 cm³/mol. The average molecular weight is 406 g/mol. The number of hydrogen-bond donors (Lipinski definition) is 1. The molecule has 0 atom stereocenters. The Kier molecular flexibility index (Phi) is 5.18. The molecule has 7 heteroatoms. The van der Waals surface area contributed by atoms with Gasteiger partial charge in [-0.1, -0.05) is 17.7 Å². The summed E-state index contributed by atoms with van der Waals surface area (Å²) in [5.41, 5.74) is 4.41. The second-order valence-corrected chi connectivity index (χ2v) is 7.19. The number of halogens is 1. The van der Waals surface area contributed by atoms with Gasteiger partial charge in [0, 0.05) is 47.2 Å². The molecule has 0 bridgehead atoms. The molecule has 4 aromatic rings. The summed E-state index contributed by atoms with van der Waals surface area (Å²) < 4.78 is 3.74. The number of pyridine rings is 1. The normalized spacial score (nSPS) is 10.9. The molecule has 6 nitrogen and oxygen atoms in total. The minimum atomic E-state index is -0.116. The smallest absolute Gasteiger partial charge is 0.253 e. The maximum absolute atomic E-state index is 12.8. The van der Waals surface area contributed by atoms with E-state index >= 15 is 0 Å². The summed E-state index contributed by atoms with van der Waals surface area (Å²) in [4.78, 5) is 17.2. The molecule has 1 aromatic carbocycles. The van der Waals surface area contributed by atoms with Gasteiger partial charge in [0.25, 0.3) is 5.91 Å². The largest absolute Gasteiger partial charge is 0.348 e. The predicted octanol–water partition coefficient (Wildman–Crippen LogP) is 4.26. The number of rotatable bonds is 5. The zero-order chi connectivity index (χ0) is 20.4. The van der Waals surface area contributed by atoms with E-state index in [1.54, 1.807) is 17.1 Å². The average Bonchev–Trinajstić information content (AvgIpc) is 3.36. The van der Waals surface area contributed by atoms with Gasteiger partial charge in [-0.15, -0.1) is 0 Å². The Hall–Kier alpha value is -3.38. The zero-order valence-corrected chi connectivity index (χ0v) is 16.9. The quantitative estimate of drug-likeness (QED) is 0.539. The van der Waals surface area contributed by atoms with E-state index in [0.29, 0.717) is 17.1 Å². The summed E-state index contributed by atoms with van der Waals surface area (Å²) in [6.45, 7) is 4.32. The Labute approximate surface area is 173 Å². The SMILES string of the molecule is Cc1cc(C(=O)NCc2ccc(-n3cccn3)nc2)c(C)n1-c1ccc(Cl)cc1. The van der Waals surface area contributed by atoms with Crippen LogP contribution in [0.25, 0.3) is 11.5 Å². The standard InChI is InChI=1S/C22H20ClN5O/c1-15-12-20(16(2)28(15)19-7-5-18(23)6-8-19)22(29)25-14-17-4-9-21(24-13-17)27-11-3-10-26-27/h3-13H,14H2,1-2H3,(H,25,29). The van der Waals surface area contributed by atoms with Crippen LogP contribution in [0.15, 0.2) is 67.1 Å². The first-order valence-corrected chi connectivity index (χ1v) is 9.59. The first kappa shape index (κ1) is 19.0. The number of nitrogens with zero attached hydrogens (tertiary/aromatic N) is 4. The van der Waals surface area contributed by atoms with Gasteiger partial charge < -0.3 is 9.88 Å². The lowest BCUT2D eigenvalue weighted by Crippen LogP contribution is -2.23. The van der Waals surface area contributed by atoms with Crippen LogP contribution in [0.3, 0.4) is 0 Å². The molecule has 1 amide bonds. The summed E-state index contributed by atoms with van der Waals surface area (Å²) in [6.07, 6.45) is 5.28.